The van der Waals surface area contributed by atoms with Crippen molar-refractivity contribution >= 4 is 40.6 Å². The molecular weight excluding hydrogens is 448 g/mol. The van der Waals surface area contributed by atoms with Crippen LogP contribution in [0.25, 0.3) is 5.69 Å². The zero-order valence-electron chi connectivity index (χ0n) is 16.9. The first-order valence-corrected chi connectivity index (χ1v) is 11.9. The van der Waals surface area contributed by atoms with Gasteiger partial charge in [-0.1, -0.05) is 71.9 Å². The van der Waals surface area contributed by atoms with Crippen molar-refractivity contribution < 1.29 is 4.79 Å². The van der Waals surface area contributed by atoms with E-state index in [-0.39, 0.29) is 11.7 Å². The number of nitrogens with zero attached hydrogens (tertiary/aromatic N) is 4. The van der Waals surface area contributed by atoms with Crippen molar-refractivity contribution in [1.82, 2.24) is 19.7 Å². The number of para-hydroxylation sites is 1. The fraction of sp³-hybridized carbons (Fsp3) is 0.174. The van der Waals surface area contributed by atoms with Crippen LogP contribution in [0.5, 0.6) is 0 Å². The summed E-state index contributed by atoms with van der Waals surface area (Å²) < 4.78 is 2.76. The summed E-state index contributed by atoms with van der Waals surface area (Å²) in [7, 11) is 1.80. The van der Waals surface area contributed by atoms with Gasteiger partial charge in [0.15, 0.2) is 5.16 Å². The molecule has 31 heavy (non-hydrogen) atoms. The average molecular weight is 469 g/mol. The molecule has 0 aliphatic heterocycles. The van der Waals surface area contributed by atoms with E-state index < -0.39 is 0 Å². The van der Waals surface area contributed by atoms with Gasteiger partial charge in [0.25, 0.3) is 0 Å². The number of thioether (sulfide) groups is 1. The van der Waals surface area contributed by atoms with E-state index in [1.807, 2.05) is 65.2 Å². The fourth-order valence-electron chi connectivity index (χ4n) is 3.12. The summed E-state index contributed by atoms with van der Waals surface area (Å²) in [6.07, 6.45) is 0.663. The third-order valence-electron chi connectivity index (χ3n) is 4.69. The van der Waals surface area contributed by atoms with Gasteiger partial charge in [-0.25, -0.2) is 0 Å². The van der Waals surface area contributed by atoms with Crippen LogP contribution in [0.1, 0.15) is 16.3 Å². The van der Waals surface area contributed by atoms with E-state index in [4.69, 9.17) is 11.6 Å². The fourth-order valence-corrected chi connectivity index (χ4v) is 5.17. The third-order valence-corrected chi connectivity index (χ3v) is 6.82. The molecule has 2 heterocycles. The molecule has 0 N–H and O–H groups in total. The van der Waals surface area contributed by atoms with Crippen molar-refractivity contribution in [3.8, 4) is 5.69 Å². The minimum atomic E-state index is 0.0294. The van der Waals surface area contributed by atoms with E-state index in [1.165, 1.54) is 23.1 Å². The predicted molar refractivity (Wildman–Crippen MR) is 127 cm³/mol. The zero-order valence-corrected chi connectivity index (χ0v) is 19.3. The summed E-state index contributed by atoms with van der Waals surface area (Å²) >= 11 is 8.88. The van der Waals surface area contributed by atoms with Gasteiger partial charge >= 0.3 is 0 Å². The van der Waals surface area contributed by atoms with Gasteiger partial charge in [-0.15, -0.1) is 21.5 Å². The van der Waals surface area contributed by atoms with E-state index >= 15 is 0 Å². The second-order valence-corrected chi connectivity index (χ2v) is 9.72. The summed E-state index contributed by atoms with van der Waals surface area (Å²) in [6, 6.07) is 24.0. The Morgan fingerprint density at radius 1 is 1.03 bits per heavy atom. The van der Waals surface area contributed by atoms with Gasteiger partial charge in [0, 0.05) is 24.0 Å². The lowest BCUT2D eigenvalue weighted by Crippen LogP contribution is -2.27. The lowest BCUT2D eigenvalue weighted by Gasteiger charge is -2.16. The van der Waals surface area contributed by atoms with Gasteiger partial charge in [0.1, 0.15) is 5.82 Å². The molecule has 0 aliphatic rings. The first kappa shape index (κ1) is 21.6. The molecule has 4 aromatic rings. The summed E-state index contributed by atoms with van der Waals surface area (Å²) in [4.78, 5) is 15.5. The summed E-state index contributed by atoms with van der Waals surface area (Å²) in [5.74, 6) is 1.15. The van der Waals surface area contributed by atoms with Crippen LogP contribution in [-0.4, -0.2) is 38.4 Å². The van der Waals surface area contributed by atoms with Crippen molar-refractivity contribution in [2.45, 2.75) is 18.1 Å². The summed E-state index contributed by atoms with van der Waals surface area (Å²) in [5.41, 5.74) is 2.14. The number of carbonyl (C=O) groups is 1. The van der Waals surface area contributed by atoms with Crippen molar-refractivity contribution in [1.29, 1.82) is 0 Å². The van der Waals surface area contributed by atoms with E-state index in [2.05, 4.69) is 22.3 Å². The Bertz CT molecular complexity index is 1140. The average Bonchev–Trinajstić information content (AvgIpc) is 3.38. The van der Waals surface area contributed by atoms with E-state index in [0.717, 1.165) is 26.3 Å². The van der Waals surface area contributed by atoms with Crippen molar-refractivity contribution in [2.24, 2.45) is 0 Å². The standard InChI is InChI=1S/C23H21ClN4OS2/c1-27(15-19-12-13-20(24)31-19)22(29)16-30-23-26-25-21(14-17-8-4-2-5-9-17)28(23)18-10-6-3-7-11-18/h2-13H,14-16H2,1H3. The third kappa shape index (κ3) is 5.55. The second-order valence-electron chi connectivity index (χ2n) is 6.98. The van der Waals surface area contributed by atoms with Crippen LogP contribution in [0.2, 0.25) is 4.34 Å². The molecule has 158 valence electrons. The van der Waals surface area contributed by atoms with Gasteiger partial charge in [-0.2, -0.15) is 0 Å². The number of hydrogen-bond acceptors (Lipinski definition) is 5. The SMILES string of the molecule is CN(Cc1ccc(Cl)s1)C(=O)CSc1nnc(Cc2ccccc2)n1-c1ccccc1. The molecule has 0 atom stereocenters. The first-order valence-electron chi connectivity index (χ1n) is 9.75. The van der Waals surface area contributed by atoms with Crippen LogP contribution in [0.3, 0.4) is 0 Å². The molecule has 0 bridgehead atoms. The van der Waals surface area contributed by atoms with Crippen molar-refractivity contribution in [3.63, 3.8) is 0 Å². The van der Waals surface area contributed by atoms with Gasteiger partial charge in [-0.3, -0.25) is 9.36 Å². The maximum absolute atomic E-state index is 12.7. The molecule has 0 saturated heterocycles. The van der Waals surface area contributed by atoms with Crippen LogP contribution in [-0.2, 0) is 17.8 Å². The Morgan fingerprint density at radius 2 is 1.74 bits per heavy atom. The number of aromatic nitrogens is 3. The lowest BCUT2D eigenvalue weighted by atomic mass is 10.1. The molecule has 0 fully saturated rings. The number of carbonyl (C=O) groups excluding carboxylic acids is 1. The molecule has 8 heteroatoms. The van der Waals surface area contributed by atoms with Gasteiger partial charge in [-0.05, 0) is 29.8 Å². The van der Waals surface area contributed by atoms with Gasteiger partial charge in [0.2, 0.25) is 5.91 Å². The highest BCUT2D eigenvalue weighted by Crippen LogP contribution is 2.25. The van der Waals surface area contributed by atoms with E-state index in [1.54, 1.807) is 11.9 Å². The number of thiophene rings is 1. The van der Waals surface area contributed by atoms with Gasteiger partial charge < -0.3 is 4.90 Å². The Kier molecular flexibility index (Phi) is 7.06. The smallest absolute Gasteiger partial charge is 0.233 e. The molecule has 2 aromatic carbocycles. The van der Waals surface area contributed by atoms with E-state index in [0.29, 0.717) is 18.1 Å². The second kappa shape index (κ2) is 10.1. The number of rotatable bonds is 8. The van der Waals surface area contributed by atoms with Crippen molar-refractivity contribution in [2.75, 3.05) is 12.8 Å². The number of halogens is 1. The van der Waals surface area contributed by atoms with Crippen LogP contribution < -0.4 is 0 Å². The predicted octanol–water partition coefficient (Wildman–Crippen LogP) is 5.32. The molecule has 2 aromatic heterocycles. The first-order chi connectivity index (χ1) is 15.1. The Morgan fingerprint density at radius 3 is 2.42 bits per heavy atom. The zero-order chi connectivity index (χ0) is 21.6. The monoisotopic (exact) mass is 468 g/mol. The summed E-state index contributed by atoms with van der Waals surface area (Å²) in [6.45, 7) is 0.543. The number of amides is 1. The molecule has 0 aliphatic carbocycles. The van der Waals surface area contributed by atoms with Crippen LogP contribution >= 0.6 is 34.7 Å². The maximum Gasteiger partial charge on any atom is 0.233 e. The molecule has 5 nitrogen and oxygen atoms in total. The van der Waals surface area contributed by atoms with Crippen molar-refractivity contribution in [3.05, 3.63) is 93.4 Å². The highest BCUT2D eigenvalue weighted by Gasteiger charge is 2.18. The molecular formula is C23H21ClN4OS2. The van der Waals surface area contributed by atoms with Crippen LogP contribution in [0.15, 0.2) is 78.0 Å². The molecule has 1 amide bonds. The largest absolute Gasteiger partial charge is 0.340 e. The normalized spacial score (nSPS) is 10.9. The highest BCUT2D eigenvalue weighted by molar-refractivity contribution is 7.99. The molecule has 4 rings (SSSR count). The molecule has 0 unspecified atom stereocenters. The number of benzene rings is 2. The Hall–Kier alpha value is -2.61. The molecule has 0 radical (unpaired) electrons. The van der Waals surface area contributed by atoms with Crippen LogP contribution in [0, 0.1) is 0 Å². The minimum Gasteiger partial charge on any atom is -0.340 e. The molecule has 0 spiro atoms. The molecule has 0 saturated carbocycles. The lowest BCUT2D eigenvalue weighted by molar-refractivity contribution is -0.127. The van der Waals surface area contributed by atoms with Crippen LogP contribution in [0.4, 0.5) is 0 Å². The quantitative estimate of drug-likeness (QED) is 0.328. The Balaban J connectivity index is 1.50. The minimum absolute atomic E-state index is 0.0294. The topological polar surface area (TPSA) is 51.0 Å². The maximum atomic E-state index is 12.7. The van der Waals surface area contributed by atoms with E-state index in [9.17, 15) is 4.79 Å². The summed E-state index contributed by atoms with van der Waals surface area (Å²) in [5, 5.41) is 9.54. The number of hydrogen-bond donors (Lipinski definition) is 0. The highest BCUT2D eigenvalue weighted by atomic mass is 35.5. The Labute approximate surface area is 194 Å². The van der Waals surface area contributed by atoms with Gasteiger partial charge in [0.05, 0.1) is 16.6 Å².